The molecule has 2 aromatic carbocycles. The summed E-state index contributed by atoms with van der Waals surface area (Å²) in [6, 6.07) is 12.0. The van der Waals surface area contributed by atoms with Gasteiger partial charge in [0, 0.05) is 31.4 Å². The molecule has 0 spiro atoms. The molecule has 1 atom stereocenters. The third kappa shape index (κ3) is 3.34. The van der Waals surface area contributed by atoms with Crippen LogP contribution < -0.4 is 20.3 Å². The smallest absolute Gasteiger partial charge is 0.319 e. The van der Waals surface area contributed by atoms with Crippen LogP contribution in [0.4, 0.5) is 16.2 Å². The lowest BCUT2D eigenvalue weighted by atomic mass is 10.0. The molecule has 2 heterocycles. The number of hydrogen-bond donors (Lipinski definition) is 2. The van der Waals surface area contributed by atoms with Gasteiger partial charge in [0.15, 0.2) is 0 Å². The molecule has 0 fully saturated rings. The highest BCUT2D eigenvalue weighted by molar-refractivity contribution is 5.90. The summed E-state index contributed by atoms with van der Waals surface area (Å²) >= 11 is 0. The average molecular weight is 351 g/mol. The molecule has 4 rings (SSSR count). The molecule has 2 aliphatic heterocycles. The fourth-order valence-corrected chi connectivity index (χ4v) is 3.79. The SMILES string of the molecule is C[C@H](NC(=O)Nc1ccc2c(c1)CCCN2C)c1ccc2c(c1)CCO2. The molecule has 2 N–H and O–H groups in total. The van der Waals surface area contributed by atoms with Gasteiger partial charge in [0.1, 0.15) is 5.75 Å². The van der Waals surface area contributed by atoms with Gasteiger partial charge in [-0.05, 0) is 66.8 Å². The fourth-order valence-electron chi connectivity index (χ4n) is 3.79. The van der Waals surface area contributed by atoms with Crippen LogP contribution >= 0.6 is 0 Å². The Kier molecular flexibility index (Phi) is 4.45. The first kappa shape index (κ1) is 16.8. The number of carbonyl (C=O) groups excluding carboxylic acids is 1. The number of fused-ring (bicyclic) bond motifs is 2. The van der Waals surface area contributed by atoms with Gasteiger partial charge in [0.05, 0.1) is 12.6 Å². The second-order valence-electron chi connectivity index (χ2n) is 7.15. The number of anilines is 2. The normalized spacial score (nSPS) is 16.3. The molecule has 26 heavy (non-hydrogen) atoms. The molecule has 136 valence electrons. The number of carbonyl (C=O) groups is 1. The van der Waals surface area contributed by atoms with Gasteiger partial charge >= 0.3 is 6.03 Å². The maximum atomic E-state index is 12.4. The van der Waals surface area contributed by atoms with Gasteiger partial charge in [-0.3, -0.25) is 0 Å². The maximum Gasteiger partial charge on any atom is 0.319 e. The molecule has 0 unspecified atom stereocenters. The number of hydrogen-bond acceptors (Lipinski definition) is 3. The molecule has 0 saturated heterocycles. The summed E-state index contributed by atoms with van der Waals surface area (Å²) < 4.78 is 5.54. The Hall–Kier alpha value is -2.69. The minimum atomic E-state index is -0.182. The summed E-state index contributed by atoms with van der Waals surface area (Å²) in [5.74, 6) is 0.962. The van der Waals surface area contributed by atoms with Gasteiger partial charge in [-0.15, -0.1) is 0 Å². The Morgan fingerprint density at radius 1 is 1.15 bits per heavy atom. The van der Waals surface area contributed by atoms with E-state index in [0.717, 1.165) is 49.4 Å². The van der Waals surface area contributed by atoms with Gasteiger partial charge in [0.25, 0.3) is 0 Å². The van der Waals surface area contributed by atoms with Crippen LogP contribution in [0.3, 0.4) is 0 Å². The monoisotopic (exact) mass is 351 g/mol. The summed E-state index contributed by atoms with van der Waals surface area (Å²) in [5.41, 5.74) is 5.71. The zero-order valence-corrected chi connectivity index (χ0v) is 15.3. The number of benzene rings is 2. The van der Waals surface area contributed by atoms with Gasteiger partial charge in [-0.2, -0.15) is 0 Å². The van der Waals surface area contributed by atoms with Crippen molar-refractivity contribution in [3.05, 3.63) is 53.1 Å². The van der Waals surface area contributed by atoms with Crippen molar-refractivity contribution in [1.82, 2.24) is 5.32 Å². The van der Waals surface area contributed by atoms with Crippen LogP contribution in [-0.2, 0) is 12.8 Å². The first-order valence-corrected chi connectivity index (χ1v) is 9.27. The predicted octanol–water partition coefficient (Wildman–Crippen LogP) is 3.89. The summed E-state index contributed by atoms with van der Waals surface area (Å²) in [5, 5.41) is 5.99. The van der Waals surface area contributed by atoms with E-state index in [0.29, 0.717) is 0 Å². The van der Waals surface area contributed by atoms with Crippen molar-refractivity contribution in [3.63, 3.8) is 0 Å². The van der Waals surface area contributed by atoms with Gasteiger partial charge in [-0.25, -0.2) is 4.79 Å². The van der Waals surface area contributed by atoms with Crippen LogP contribution in [0, 0.1) is 0 Å². The second-order valence-corrected chi connectivity index (χ2v) is 7.15. The molecule has 0 aliphatic carbocycles. The van der Waals surface area contributed by atoms with E-state index in [1.165, 1.54) is 16.8 Å². The molecule has 0 bridgehead atoms. The lowest BCUT2D eigenvalue weighted by molar-refractivity contribution is 0.249. The second kappa shape index (κ2) is 6.90. The first-order valence-electron chi connectivity index (χ1n) is 9.27. The number of nitrogens with zero attached hydrogens (tertiary/aromatic N) is 1. The largest absolute Gasteiger partial charge is 0.493 e. The Bertz CT molecular complexity index is 834. The minimum absolute atomic E-state index is 0.0651. The Morgan fingerprint density at radius 2 is 2.04 bits per heavy atom. The number of aryl methyl sites for hydroxylation is 1. The standard InChI is InChI=1S/C21H25N3O2/c1-14(15-5-8-20-17(12-15)9-11-26-20)22-21(25)23-18-6-7-19-16(13-18)4-3-10-24(19)2/h5-8,12-14H,3-4,9-11H2,1-2H3,(H2,22,23,25)/t14-/m0/s1. The fraction of sp³-hybridized carbons (Fsp3) is 0.381. The Balaban J connectivity index is 1.41. The molecule has 2 aromatic rings. The van der Waals surface area contributed by atoms with E-state index in [1.807, 2.05) is 25.1 Å². The molecule has 2 amide bonds. The van der Waals surface area contributed by atoms with E-state index in [4.69, 9.17) is 4.74 Å². The van der Waals surface area contributed by atoms with Gasteiger partial charge in [-0.1, -0.05) is 6.07 Å². The highest BCUT2D eigenvalue weighted by Crippen LogP contribution is 2.29. The minimum Gasteiger partial charge on any atom is -0.493 e. The molecule has 2 aliphatic rings. The zero-order valence-electron chi connectivity index (χ0n) is 15.3. The van der Waals surface area contributed by atoms with Gasteiger partial charge < -0.3 is 20.3 Å². The van der Waals surface area contributed by atoms with Crippen LogP contribution in [0.1, 0.15) is 36.1 Å². The van der Waals surface area contributed by atoms with E-state index in [1.54, 1.807) is 0 Å². The van der Waals surface area contributed by atoms with Crippen LogP contribution in [0.15, 0.2) is 36.4 Å². The Morgan fingerprint density at radius 3 is 2.92 bits per heavy atom. The predicted molar refractivity (Wildman–Crippen MR) is 104 cm³/mol. The van der Waals surface area contributed by atoms with Crippen molar-refractivity contribution in [2.75, 3.05) is 30.4 Å². The molecule has 0 aromatic heterocycles. The van der Waals surface area contributed by atoms with E-state index in [9.17, 15) is 4.79 Å². The highest BCUT2D eigenvalue weighted by Gasteiger charge is 2.17. The van der Waals surface area contributed by atoms with Crippen LogP contribution in [0.5, 0.6) is 5.75 Å². The number of rotatable bonds is 3. The van der Waals surface area contributed by atoms with Crippen molar-refractivity contribution in [3.8, 4) is 5.75 Å². The van der Waals surface area contributed by atoms with E-state index >= 15 is 0 Å². The van der Waals surface area contributed by atoms with Crippen LogP contribution in [0.25, 0.3) is 0 Å². The molecule has 0 saturated carbocycles. The number of amides is 2. The Labute approximate surface area is 154 Å². The zero-order chi connectivity index (χ0) is 18.1. The highest BCUT2D eigenvalue weighted by atomic mass is 16.5. The molecular weight excluding hydrogens is 326 g/mol. The van der Waals surface area contributed by atoms with Crippen molar-refractivity contribution >= 4 is 17.4 Å². The molecule has 5 heteroatoms. The van der Waals surface area contributed by atoms with E-state index in [2.05, 4.69) is 40.8 Å². The summed E-state index contributed by atoms with van der Waals surface area (Å²) in [7, 11) is 2.11. The summed E-state index contributed by atoms with van der Waals surface area (Å²) in [4.78, 5) is 14.7. The quantitative estimate of drug-likeness (QED) is 0.882. The molecular formula is C21H25N3O2. The number of nitrogens with one attached hydrogen (secondary N) is 2. The van der Waals surface area contributed by atoms with Gasteiger partial charge in [0.2, 0.25) is 0 Å². The lowest BCUT2D eigenvalue weighted by Crippen LogP contribution is -2.31. The van der Waals surface area contributed by atoms with Crippen molar-refractivity contribution in [1.29, 1.82) is 0 Å². The van der Waals surface area contributed by atoms with Crippen molar-refractivity contribution in [2.45, 2.75) is 32.2 Å². The summed E-state index contributed by atoms with van der Waals surface area (Å²) in [6.45, 7) is 3.83. The molecule has 5 nitrogen and oxygen atoms in total. The van der Waals surface area contributed by atoms with Crippen LogP contribution in [-0.4, -0.2) is 26.2 Å². The molecule has 0 radical (unpaired) electrons. The van der Waals surface area contributed by atoms with Crippen molar-refractivity contribution in [2.24, 2.45) is 0 Å². The van der Waals surface area contributed by atoms with Crippen molar-refractivity contribution < 1.29 is 9.53 Å². The summed E-state index contributed by atoms with van der Waals surface area (Å²) in [6.07, 6.45) is 3.15. The van der Waals surface area contributed by atoms with E-state index in [-0.39, 0.29) is 12.1 Å². The lowest BCUT2D eigenvalue weighted by Gasteiger charge is -2.27. The topological polar surface area (TPSA) is 53.6 Å². The number of urea groups is 1. The first-order chi connectivity index (χ1) is 12.6. The van der Waals surface area contributed by atoms with E-state index < -0.39 is 0 Å². The third-order valence-electron chi connectivity index (χ3n) is 5.25. The third-order valence-corrected chi connectivity index (χ3v) is 5.25. The van der Waals surface area contributed by atoms with Crippen LogP contribution in [0.2, 0.25) is 0 Å². The number of ether oxygens (including phenoxy) is 1. The average Bonchev–Trinajstić information content (AvgIpc) is 3.09. The maximum absolute atomic E-state index is 12.4.